The Morgan fingerprint density at radius 1 is 0.854 bits per heavy atom. The maximum atomic E-state index is 12.5. The lowest BCUT2D eigenvalue weighted by atomic mass is 10.0. The second-order valence-corrected chi connectivity index (χ2v) is 11.4. The van der Waals surface area contributed by atoms with E-state index >= 15 is 0 Å². The van der Waals surface area contributed by atoms with Gasteiger partial charge in [0.2, 0.25) is 5.91 Å². The smallest absolute Gasteiger partial charge is 0.416 e. The molecule has 2 rings (SSSR count). The zero-order chi connectivity index (χ0) is 29.5. The molecule has 0 unspecified atom stereocenters. The van der Waals surface area contributed by atoms with Crippen LogP contribution in [0.5, 0.6) is 0 Å². The minimum Gasteiger partial charge on any atom is -0.464 e. The topological polar surface area (TPSA) is 95.0 Å². The van der Waals surface area contributed by atoms with Crippen molar-refractivity contribution in [3.8, 4) is 0 Å². The molecule has 0 saturated carbocycles. The van der Waals surface area contributed by atoms with Crippen LogP contribution in [0, 0.1) is 5.92 Å². The minimum absolute atomic E-state index is 0.0461. The second-order valence-electron chi connectivity index (χ2n) is 11.4. The fourth-order valence-electron chi connectivity index (χ4n) is 5.11. The van der Waals surface area contributed by atoms with E-state index in [1.54, 1.807) is 24.4 Å². The molecule has 0 radical (unpaired) electrons. The molecule has 1 aromatic rings. The van der Waals surface area contributed by atoms with Crippen molar-refractivity contribution in [2.45, 2.75) is 136 Å². The van der Waals surface area contributed by atoms with Gasteiger partial charge in [-0.25, -0.2) is 14.5 Å². The van der Waals surface area contributed by atoms with E-state index < -0.39 is 18.1 Å². The van der Waals surface area contributed by atoms with Crippen molar-refractivity contribution < 1.29 is 28.6 Å². The lowest BCUT2D eigenvalue weighted by Crippen LogP contribution is -2.36. The molecule has 8 nitrogen and oxygen atoms in total. The van der Waals surface area contributed by atoms with Crippen molar-refractivity contribution in [2.75, 3.05) is 19.8 Å². The van der Waals surface area contributed by atoms with E-state index in [9.17, 15) is 14.4 Å². The standard InChI is InChI=1S/C33H54N2O6/c1-3-4-5-6-7-8-9-10-11-12-13-14-15-16-17-20-23-39-32(37)31-24-29(26-40-31)27-41-33(38)35(28(2)36)25-30-21-18-19-22-34-30/h18-19,21-22,29,31H,3-17,20,23-27H2,1-2H3/t29-,31+/m0/s1. The summed E-state index contributed by atoms with van der Waals surface area (Å²) in [6.45, 7) is 4.43. The Labute approximate surface area is 247 Å². The molecule has 232 valence electrons. The zero-order valence-corrected chi connectivity index (χ0v) is 25.7. The molecule has 0 N–H and O–H groups in total. The van der Waals surface area contributed by atoms with Gasteiger partial charge in [-0.1, -0.05) is 109 Å². The van der Waals surface area contributed by atoms with Crippen molar-refractivity contribution in [1.82, 2.24) is 9.88 Å². The summed E-state index contributed by atoms with van der Waals surface area (Å²) in [5.41, 5.74) is 0.594. The van der Waals surface area contributed by atoms with Gasteiger partial charge in [0.25, 0.3) is 0 Å². The third-order valence-electron chi connectivity index (χ3n) is 7.67. The summed E-state index contributed by atoms with van der Waals surface area (Å²) in [6, 6.07) is 5.30. The number of imide groups is 1. The van der Waals surface area contributed by atoms with E-state index in [0.29, 0.717) is 25.3 Å². The summed E-state index contributed by atoms with van der Waals surface area (Å²) in [6.07, 6.45) is 21.6. The van der Waals surface area contributed by atoms with Crippen LogP contribution in [0.25, 0.3) is 0 Å². The molecule has 2 amide bonds. The summed E-state index contributed by atoms with van der Waals surface area (Å²) in [7, 11) is 0. The highest BCUT2D eigenvalue weighted by atomic mass is 16.6. The van der Waals surface area contributed by atoms with Crippen LogP contribution in [-0.2, 0) is 30.3 Å². The third kappa shape index (κ3) is 15.9. The number of hydrogen-bond donors (Lipinski definition) is 0. The number of hydrogen-bond acceptors (Lipinski definition) is 7. The number of esters is 1. The fraction of sp³-hybridized carbons (Fsp3) is 0.758. The van der Waals surface area contributed by atoms with Crippen LogP contribution in [0.1, 0.15) is 129 Å². The van der Waals surface area contributed by atoms with E-state index in [-0.39, 0.29) is 25.0 Å². The van der Waals surface area contributed by atoms with Crippen LogP contribution in [-0.4, -0.2) is 53.8 Å². The van der Waals surface area contributed by atoms with Crippen LogP contribution >= 0.6 is 0 Å². The van der Waals surface area contributed by atoms with E-state index in [1.807, 2.05) is 0 Å². The first kappa shape index (κ1) is 34.7. The Morgan fingerprint density at radius 3 is 1.98 bits per heavy atom. The predicted molar refractivity (Wildman–Crippen MR) is 160 cm³/mol. The van der Waals surface area contributed by atoms with Gasteiger partial charge in [0.05, 0.1) is 32.1 Å². The highest BCUT2D eigenvalue weighted by Crippen LogP contribution is 2.22. The lowest BCUT2D eigenvalue weighted by Gasteiger charge is -2.19. The Morgan fingerprint density at radius 2 is 1.44 bits per heavy atom. The van der Waals surface area contributed by atoms with Crippen molar-refractivity contribution in [3.63, 3.8) is 0 Å². The van der Waals surface area contributed by atoms with E-state index in [4.69, 9.17) is 14.2 Å². The van der Waals surface area contributed by atoms with Crippen LogP contribution in [0.2, 0.25) is 0 Å². The number of pyridine rings is 1. The quantitative estimate of drug-likeness (QED) is 0.103. The number of nitrogens with zero attached hydrogens (tertiary/aromatic N) is 2. The minimum atomic E-state index is -0.724. The highest BCUT2D eigenvalue weighted by molar-refractivity contribution is 5.90. The van der Waals surface area contributed by atoms with E-state index in [1.165, 1.54) is 96.8 Å². The first-order valence-corrected chi connectivity index (χ1v) is 16.1. The maximum Gasteiger partial charge on any atom is 0.416 e. The van der Waals surface area contributed by atoms with E-state index in [0.717, 1.165) is 17.7 Å². The molecular weight excluding hydrogens is 520 g/mol. The molecular formula is C33H54N2O6. The van der Waals surface area contributed by atoms with E-state index in [2.05, 4.69) is 11.9 Å². The summed E-state index contributed by atoms with van der Waals surface area (Å²) in [4.78, 5) is 41.9. The van der Waals surface area contributed by atoms with Gasteiger partial charge < -0.3 is 14.2 Å². The van der Waals surface area contributed by atoms with Gasteiger partial charge in [-0.2, -0.15) is 0 Å². The molecule has 1 aliphatic heterocycles. The molecule has 1 fully saturated rings. The van der Waals surface area contributed by atoms with Gasteiger partial charge in [-0.05, 0) is 25.0 Å². The molecule has 0 bridgehead atoms. The van der Waals surface area contributed by atoms with Crippen molar-refractivity contribution >= 4 is 18.0 Å². The second kappa shape index (κ2) is 22.2. The first-order chi connectivity index (χ1) is 20.0. The van der Waals surface area contributed by atoms with Gasteiger partial charge in [-0.15, -0.1) is 0 Å². The molecule has 8 heteroatoms. The molecule has 1 saturated heterocycles. The van der Waals surface area contributed by atoms with Crippen molar-refractivity contribution in [1.29, 1.82) is 0 Å². The Balaban J connectivity index is 1.43. The third-order valence-corrected chi connectivity index (χ3v) is 7.67. The average Bonchev–Trinajstić information content (AvgIpc) is 3.46. The van der Waals surface area contributed by atoms with Crippen LogP contribution in [0.15, 0.2) is 24.4 Å². The monoisotopic (exact) mass is 574 g/mol. The van der Waals surface area contributed by atoms with Gasteiger partial charge in [-0.3, -0.25) is 9.78 Å². The predicted octanol–water partition coefficient (Wildman–Crippen LogP) is 7.78. The number of amides is 2. The Bertz CT molecular complexity index is 849. The first-order valence-electron chi connectivity index (χ1n) is 16.1. The summed E-state index contributed by atoms with van der Waals surface area (Å²) in [5.74, 6) is -0.880. The molecule has 0 aromatic carbocycles. The largest absolute Gasteiger partial charge is 0.464 e. The number of carbonyl (C=O) groups is 3. The molecule has 0 aliphatic carbocycles. The number of ether oxygens (including phenoxy) is 3. The number of carbonyl (C=O) groups excluding carboxylic acids is 3. The number of aromatic nitrogens is 1. The molecule has 2 atom stereocenters. The Kier molecular flexibility index (Phi) is 18.8. The summed E-state index contributed by atoms with van der Waals surface area (Å²) >= 11 is 0. The van der Waals surface area contributed by atoms with Crippen LogP contribution in [0.4, 0.5) is 4.79 Å². The molecule has 1 aromatic heterocycles. The maximum absolute atomic E-state index is 12.5. The van der Waals surface area contributed by atoms with Gasteiger partial charge >= 0.3 is 12.1 Å². The summed E-state index contributed by atoms with van der Waals surface area (Å²) < 4.78 is 16.4. The normalized spacial score (nSPS) is 16.4. The SMILES string of the molecule is CCCCCCCCCCCCCCCCCCOC(=O)[C@H]1C[C@H](COC(=O)N(Cc2ccccn2)C(C)=O)CO1. The van der Waals surface area contributed by atoms with Crippen molar-refractivity contribution in [3.05, 3.63) is 30.1 Å². The zero-order valence-electron chi connectivity index (χ0n) is 25.7. The molecule has 2 heterocycles. The van der Waals surface area contributed by atoms with Gasteiger partial charge in [0.15, 0.2) is 6.10 Å². The van der Waals surface area contributed by atoms with Gasteiger partial charge in [0, 0.05) is 19.0 Å². The Hall–Kier alpha value is -2.48. The highest BCUT2D eigenvalue weighted by Gasteiger charge is 2.33. The lowest BCUT2D eigenvalue weighted by molar-refractivity contribution is -0.154. The van der Waals surface area contributed by atoms with Crippen LogP contribution in [0.3, 0.4) is 0 Å². The number of unbranched alkanes of at least 4 members (excludes halogenated alkanes) is 15. The molecule has 1 aliphatic rings. The molecule has 0 spiro atoms. The van der Waals surface area contributed by atoms with Gasteiger partial charge in [0.1, 0.15) is 0 Å². The summed E-state index contributed by atoms with van der Waals surface area (Å²) in [5, 5.41) is 0. The fourth-order valence-corrected chi connectivity index (χ4v) is 5.11. The van der Waals surface area contributed by atoms with Crippen molar-refractivity contribution in [2.24, 2.45) is 5.92 Å². The number of rotatable bonds is 22. The molecule has 41 heavy (non-hydrogen) atoms. The average molecular weight is 575 g/mol. The van der Waals surface area contributed by atoms with Crippen LogP contribution < -0.4 is 0 Å².